The second-order valence-electron chi connectivity index (χ2n) is 3.53. The van der Waals surface area contributed by atoms with Crippen LogP contribution in [0.25, 0.3) is 0 Å². The van der Waals surface area contributed by atoms with Gasteiger partial charge in [0.15, 0.2) is 0 Å². The molecule has 0 aliphatic carbocycles. The van der Waals surface area contributed by atoms with E-state index in [-0.39, 0.29) is 4.87 Å². The van der Waals surface area contributed by atoms with Crippen LogP contribution in [0.1, 0.15) is 11.3 Å². The Balaban J connectivity index is 1.89. The third kappa shape index (κ3) is 3.57. The summed E-state index contributed by atoms with van der Waals surface area (Å²) in [6.07, 6.45) is 0. The first kappa shape index (κ1) is 12.6. The number of halogens is 2. The summed E-state index contributed by atoms with van der Waals surface area (Å²) in [5.74, 6) is 0. The van der Waals surface area contributed by atoms with Crippen molar-refractivity contribution in [2.75, 3.05) is 0 Å². The van der Waals surface area contributed by atoms with Gasteiger partial charge in [0.25, 0.3) is 0 Å². The first-order chi connectivity index (χ1) is 8.15. The molecule has 0 unspecified atom stereocenters. The minimum absolute atomic E-state index is 0.0312. The molecule has 0 bridgehead atoms. The van der Waals surface area contributed by atoms with E-state index in [2.05, 4.69) is 10.3 Å². The summed E-state index contributed by atoms with van der Waals surface area (Å²) in [7, 11) is 0. The fraction of sp³-hybridized carbons (Fsp3) is 0.182. The SMILES string of the molecule is O=c1[nH]c(CNCc2ccc(Cl)c(Cl)c2)cs1. The van der Waals surface area contributed by atoms with Gasteiger partial charge in [0.2, 0.25) is 0 Å². The molecule has 17 heavy (non-hydrogen) atoms. The van der Waals surface area contributed by atoms with Gasteiger partial charge in [0.05, 0.1) is 10.0 Å². The predicted molar refractivity (Wildman–Crippen MR) is 71.9 cm³/mol. The van der Waals surface area contributed by atoms with Gasteiger partial charge >= 0.3 is 4.87 Å². The minimum Gasteiger partial charge on any atom is -0.315 e. The molecule has 2 aromatic rings. The zero-order valence-electron chi connectivity index (χ0n) is 8.80. The van der Waals surface area contributed by atoms with Gasteiger partial charge < -0.3 is 10.3 Å². The van der Waals surface area contributed by atoms with Crippen molar-refractivity contribution in [2.24, 2.45) is 0 Å². The van der Waals surface area contributed by atoms with Crippen molar-refractivity contribution in [1.82, 2.24) is 10.3 Å². The molecule has 0 saturated heterocycles. The highest BCUT2D eigenvalue weighted by Gasteiger charge is 2.00. The van der Waals surface area contributed by atoms with Gasteiger partial charge in [-0.2, -0.15) is 0 Å². The topological polar surface area (TPSA) is 44.9 Å². The van der Waals surface area contributed by atoms with Crippen LogP contribution < -0.4 is 10.2 Å². The van der Waals surface area contributed by atoms with E-state index in [0.29, 0.717) is 23.1 Å². The molecule has 1 aromatic carbocycles. The van der Waals surface area contributed by atoms with E-state index in [4.69, 9.17) is 23.2 Å². The highest BCUT2D eigenvalue weighted by atomic mass is 35.5. The standard InChI is InChI=1S/C11H10Cl2N2OS/c12-9-2-1-7(3-10(9)13)4-14-5-8-6-17-11(16)15-8/h1-3,6,14H,4-5H2,(H,15,16). The summed E-state index contributed by atoms with van der Waals surface area (Å²) in [6, 6.07) is 5.51. The lowest BCUT2D eigenvalue weighted by Gasteiger charge is -2.04. The van der Waals surface area contributed by atoms with E-state index >= 15 is 0 Å². The number of hydrogen-bond acceptors (Lipinski definition) is 3. The maximum Gasteiger partial charge on any atom is 0.304 e. The quantitative estimate of drug-likeness (QED) is 0.908. The number of benzene rings is 1. The fourth-order valence-electron chi connectivity index (χ4n) is 1.39. The molecule has 0 aliphatic heterocycles. The third-order valence-electron chi connectivity index (χ3n) is 2.20. The molecule has 0 saturated carbocycles. The van der Waals surface area contributed by atoms with Crippen molar-refractivity contribution in [2.45, 2.75) is 13.1 Å². The Morgan fingerprint density at radius 1 is 1.24 bits per heavy atom. The van der Waals surface area contributed by atoms with E-state index in [9.17, 15) is 4.79 Å². The first-order valence-electron chi connectivity index (χ1n) is 4.96. The second kappa shape index (κ2) is 5.69. The Hall–Kier alpha value is -0.810. The van der Waals surface area contributed by atoms with Crippen LogP contribution in [0.15, 0.2) is 28.4 Å². The Morgan fingerprint density at radius 2 is 2.06 bits per heavy atom. The van der Waals surface area contributed by atoms with E-state index in [1.54, 1.807) is 6.07 Å². The van der Waals surface area contributed by atoms with Crippen molar-refractivity contribution in [3.63, 3.8) is 0 Å². The molecule has 3 nitrogen and oxygen atoms in total. The summed E-state index contributed by atoms with van der Waals surface area (Å²) in [6.45, 7) is 1.30. The van der Waals surface area contributed by atoms with Gasteiger partial charge in [0, 0.05) is 24.2 Å². The molecule has 0 atom stereocenters. The van der Waals surface area contributed by atoms with Crippen LogP contribution in [0.5, 0.6) is 0 Å². The van der Waals surface area contributed by atoms with Gasteiger partial charge in [-0.1, -0.05) is 40.6 Å². The molecule has 0 spiro atoms. The van der Waals surface area contributed by atoms with Gasteiger partial charge in [-0.15, -0.1) is 0 Å². The number of thiazole rings is 1. The fourth-order valence-corrected chi connectivity index (χ4v) is 2.29. The molecule has 0 fully saturated rings. The Labute approximate surface area is 112 Å². The normalized spacial score (nSPS) is 10.7. The molecular formula is C11H10Cl2N2OS. The lowest BCUT2D eigenvalue weighted by molar-refractivity contribution is 0.682. The molecule has 1 heterocycles. The number of nitrogens with one attached hydrogen (secondary N) is 2. The van der Waals surface area contributed by atoms with Gasteiger partial charge in [0.1, 0.15) is 0 Å². The summed E-state index contributed by atoms with van der Waals surface area (Å²) in [5.41, 5.74) is 1.94. The predicted octanol–water partition coefficient (Wildman–Crippen LogP) is 3.03. The van der Waals surface area contributed by atoms with Crippen LogP contribution in [0, 0.1) is 0 Å². The van der Waals surface area contributed by atoms with Crippen LogP contribution in [0.2, 0.25) is 10.0 Å². The number of H-pyrrole nitrogens is 1. The number of hydrogen-bond donors (Lipinski definition) is 2. The maximum atomic E-state index is 10.9. The van der Waals surface area contributed by atoms with Crippen molar-refractivity contribution < 1.29 is 0 Å². The number of aromatic nitrogens is 1. The molecule has 0 aliphatic rings. The third-order valence-corrected chi connectivity index (χ3v) is 3.66. The summed E-state index contributed by atoms with van der Waals surface area (Å²) >= 11 is 12.9. The molecule has 0 amide bonds. The van der Waals surface area contributed by atoms with Crippen LogP contribution >= 0.6 is 34.5 Å². The summed E-state index contributed by atoms with van der Waals surface area (Å²) < 4.78 is 0. The van der Waals surface area contributed by atoms with Gasteiger partial charge in [-0.3, -0.25) is 4.79 Å². The van der Waals surface area contributed by atoms with Crippen LogP contribution in [-0.4, -0.2) is 4.98 Å². The molecule has 6 heteroatoms. The lowest BCUT2D eigenvalue weighted by Crippen LogP contribution is -2.13. The molecular weight excluding hydrogens is 279 g/mol. The Bertz CT molecular complexity index is 565. The molecule has 1 aromatic heterocycles. The second-order valence-corrected chi connectivity index (χ2v) is 5.18. The van der Waals surface area contributed by atoms with E-state index in [0.717, 1.165) is 11.3 Å². The van der Waals surface area contributed by atoms with Crippen LogP contribution in [0.4, 0.5) is 0 Å². The van der Waals surface area contributed by atoms with Gasteiger partial charge in [-0.05, 0) is 17.7 Å². The monoisotopic (exact) mass is 288 g/mol. The first-order valence-corrected chi connectivity index (χ1v) is 6.60. The highest BCUT2D eigenvalue weighted by molar-refractivity contribution is 7.07. The van der Waals surface area contributed by atoms with Crippen LogP contribution in [-0.2, 0) is 13.1 Å². The average molecular weight is 289 g/mol. The van der Waals surface area contributed by atoms with E-state index < -0.39 is 0 Å². The number of rotatable bonds is 4. The average Bonchev–Trinajstić information content (AvgIpc) is 2.70. The molecule has 2 rings (SSSR count). The lowest BCUT2D eigenvalue weighted by atomic mass is 10.2. The summed E-state index contributed by atoms with van der Waals surface area (Å²) in [5, 5.41) is 6.13. The van der Waals surface area contributed by atoms with E-state index in [1.165, 1.54) is 11.3 Å². The smallest absolute Gasteiger partial charge is 0.304 e. The zero-order chi connectivity index (χ0) is 12.3. The Morgan fingerprint density at radius 3 is 2.71 bits per heavy atom. The maximum absolute atomic E-state index is 10.9. The van der Waals surface area contributed by atoms with Gasteiger partial charge in [-0.25, -0.2) is 0 Å². The van der Waals surface area contributed by atoms with E-state index in [1.807, 2.05) is 17.5 Å². The molecule has 90 valence electrons. The zero-order valence-corrected chi connectivity index (χ0v) is 11.1. The highest BCUT2D eigenvalue weighted by Crippen LogP contribution is 2.22. The van der Waals surface area contributed by atoms with Crippen molar-refractivity contribution in [1.29, 1.82) is 0 Å². The largest absolute Gasteiger partial charge is 0.315 e. The van der Waals surface area contributed by atoms with Crippen molar-refractivity contribution in [3.05, 3.63) is 54.5 Å². The minimum atomic E-state index is -0.0312. The molecule has 2 N–H and O–H groups in total. The Kier molecular flexibility index (Phi) is 4.23. The van der Waals surface area contributed by atoms with Crippen molar-refractivity contribution >= 4 is 34.5 Å². The summed E-state index contributed by atoms with van der Waals surface area (Å²) in [4.78, 5) is 13.6. The molecule has 0 radical (unpaired) electrons. The van der Waals surface area contributed by atoms with Crippen LogP contribution in [0.3, 0.4) is 0 Å². The number of aromatic amines is 1. The van der Waals surface area contributed by atoms with Crippen molar-refractivity contribution in [3.8, 4) is 0 Å².